The first-order valence-electron chi connectivity index (χ1n) is 5.60. The van der Waals surface area contributed by atoms with Gasteiger partial charge >= 0.3 is 0 Å². The Morgan fingerprint density at radius 3 is 2.73 bits per heavy atom. The topological polar surface area (TPSA) is 0 Å². The highest BCUT2D eigenvalue weighted by Crippen LogP contribution is 2.36. The van der Waals surface area contributed by atoms with Crippen LogP contribution in [0.5, 0.6) is 0 Å². The zero-order valence-electron chi connectivity index (χ0n) is 8.76. The molecular formula is C13H16BrCl. The summed E-state index contributed by atoms with van der Waals surface area (Å²) < 4.78 is 0. The highest BCUT2D eigenvalue weighted by molar-refractivity contribution is 9.09. The molecule has 0 aliphatic heterocycles. The van der Waals surface area contributed by atoms with Crippen molar-refractivity contribution in [2.24, 2.45) is 11.8 Å². The molecule has 0 nitrogen and oxygen atoms in total. The zero-order valence-corrected chi connectivity index (χ0v) is 11.1. The minimum absolute atomic E-state index is 0.789. The molecule has 1 unspecified atom stereocenters. The third-order valence-corrected chi connectivity index (χ3v) is 4.47. The molecule has 1 aromatic rings. The van der Waals surface area contributed by atoms with Crippen molar-refractivity contribution in [3.63, 3.8) is 0 Å². The van der Waals surface area contributed by atoms with Crippen molar-refractivity contribution in [2.45, 2.75) is 25.7 Å². The lowest BCUT2D eigenvalue weighted by Crippen LogP contribution is -2.24. The van der Waals surface area contributed by atoms with E-state index < -0.39 is 0 Å². The zero-order chi connectivity index (χ0) is 10.7. The molecule has 0 heterocycles. The van der Waals surface area contributed by atoms with E-state index in [4.69, 9.17) is 11.6 Å². The lowest BCUT2D eigenvalue weighted by molar-refractivity contribution is 0.224. The van der Waals surface area contributed by atoms with E-state index in [1.807, 2.05) is 12.1 Å². The van der Waals surface area contributed by atoms with Gasteiger partial charge in [0.1, 0.15) is 0 Å². The molecule has 1 aromatic carbocycles. The summed E-state index contributed by atoms with van der Waals surface area (Å²) >= 11 is 9.62. The van der Waals surface area contributed by atoms with Gasteiger partial charge in [0.25, 0.3) is 0 Å². The number of hydrogen-bond acceptors (Lipinski definition) is 0. The molecule has 1 aliphatic carbocycles. The van der Waals surface area contributed by atoms with Gasteiger partial charge in [0.05, 0.1) is 0 Å². The molecule has 0 spiro atoms. The molecular weight excluding hydrogens is 272 g/mol. The average molecular weight is 288 g/mol. The predicted octanol–water partition coefficient (Wildman–Crippen LogP) is 4.69. The van der Waals surface area contributed by atoms with Crippen LogP contribution in [0.3, 0.4) is 0 Å². The van der Waals surface area contributed by atoms with Crippen molar-refractivity contribution in [3.05, 3.63) is 34.9 Å². The van der Waals surface area contributed by atoms with E-state index in [2.05, 4.69) is 28.1 Å². The standard InChI is InChI=1S/C13H16BrCl/c14-9-12(11-4-2-5-11)7-10-3-1-6-13(15)8-10/h1,3,6,8,11-12H,2,4-5,7,9H2. The van der Waals surface area contributed by atoms with Crippen LogP contribution in [0.25, 0.3) is 0 Å². The second kappa shape index (κ2) is 5.36. The Kier molecular flexibility index (Phi) is 4.10. The van der Waals surface area contributed by atoms with Crippen LogP contribution >= 0.6 is 27.5 Å². The Balaban J connectivity index is 1.99. The summed E-state index contributed by atoms with van der Waals surface area (Å²) in [4.78, 5) is 0. The molecule has 0 bridgehead atoms. The molecule has 15 heavy (non-hydrogen) atoms. The molecule has 1 fully saturated rings. The molecule has 0 amide bonds. The normalized spacial score (nSPS) is 18.5. The minimum Gasteiger partial charge on any atom is -0.0925 e. The van der Waals surface area contributed by atoms with Gasteiger partial charge in [-0.05, 0) is 36.0 Å². The number of halogens is 2. The van der Waals surface area contributed by atoms with Gasteiger partial charge in [-0.15, -0.1) is 0 Å². The molecule has 0 saturated heterocycles. The first-order valence-corrected chi connectivity index (χ1v) is 7.10. The lowest BCUT2D eigenvalue weighted by Gasteiger charge is -2.32. The SMILES string of the molecule is Clc1cccc(CC(CBr)C2CCC2)c1. The molecule has 1 saturated carbocycles. The number of alkyl halides is 1. The summed E-state index contributed by atoms with van der Waals surface area (Å²) in [5, 5.41) is 1.97. The van der Waals surface area contributed by atoms with Crippen LogP contribution in [0.1, 0.15) is 24.8 Å². The molecule has 2 rings (SSSR count). The fourth-order valence-electron chi connectivity index (χ4n) is 2.23. The Labute approximate surface area is 105 Å². The van der Waals surface area contributed by atoms with Crippen LogP contribution in [-0.2, 0) is 6.42 Å². The monoisotopic (exact) mass is 286 g/mol. The van der Waals surface area contributed by atoms with E-state index in [1.165, 1.54) is 24.8 Å². The Morgan fingerprint density at radius 2 is 2.20 bits per heavy atom. The van der Waals surface area contributed by atoms with Crippen LogP contribution in [0.15, 0.2) is 24.3 Å². The van der Waals surface area contributed by atoms with Crippen molar-refractivity contribution in [1.29, 1.82) is 0 Å². The highest BCUT2D eigenvalue weighted by Gasteiger charge is 2.26. The van der Waals surface area contributed by atoms with Crippen molar-refractivity contribution in [2.75, 3.05) is 5.33 Å². The van der Waals surface area contributed by atoms with Crippen LogP contribution in [0, 0.1) is 11.8 Å². The van der Waals surface area contributed by atoms with Gasteiger partial charge in [0, 0.05) is 10.4 Å². The van der Waals surface area contributed by atoms with E-state index in [9.17, 15) is 0 Å². The van der Waals surface area contributed by atoms with Crippen molar-refractivity contribution >= 4 is 27.5 Å². The number of benzene rings is 1. The lowest BCUT2D eigenvalue weighted by atomic mass is 9.74. The summed E-state index contributed by atoms with van der Waals surface area (Å²) in [6.45, 7) is 0. The molecule has 82 valence electrons. The Bertz CT molecular complexity index is 320. The maximum absolute atomic E-state index is 5.99. The van der Waals surface area contributed by atoms with E-state index in [0.717, 1.165) is 28.6 Å². The summed E-state index contributed by atoms with van der Waals surface area (Å²) in [6.07, 6.45) is 5.41. The molecule has 1 aliphatic rings. The molecule has 2 heteroatoms. The Morgan fingerprint density at radius 1 is 1.40 bits per heavy atom. The third-order valence-electron chi connectivity index (χ3n) is 3.40. The summed E-state index contributed by atoms with van der Waals surface area (Å²) in [6, 6.07) is 8.26. The van der Waals surface area contributed by atoms with Crippen LogP contribution < -0.4 is 0 Å². The van der Waals surface area contributed by atoms with E-state index >= 15 is 0 Å². The third kappa shape index (κ3) is 2.98. The second-order valence-corrected chi connectivity index (χ2v) is 5.52. The first-order chi connectivity index (χ1) is 7.29. The fraction of sp³-hybridized carbons (Fsp3) is 0.538. The number of rotatable bonds is 4. The van der Waals surface area contributed by atoms with E-state index in [-0.39, 0.29) is 0 Å². The Hall–Kier alpha value is -0.0100. The smallest absolute Gasteiger partial charge is 0.0408 e. The minimum atomic E-state index is 0.789. The van der Waals surface area contributed by atoms with Crippen molar-refractivity contribution in [3.8, 4) is 0 Å². The van der Waals surface area contributed by atoms with Gasteiger partial charge in [-0.2, -0.15) is 0 Å². The average Bonchev–Trinajstić information content (AvgIpc) is 2.14. The maximum atomic E-state index is 5.99. The molecule has 0 radical (unpaired) electrons. The fourth-order valence-corrected chi connectivity index (χ4v) is 3.20. The number of hydrogen-bond donors (Lipinski definition) is 0. The van der Waals surface area contributed by atoms with Gasteiger partial charge in [-0.3, -0.25) is 0 Å². The highest BCUT2D eigenvalue weighted by atomic mass is 79.9. The second-order valence-electron chi connectivity index (χ2n) is 4.44. The van der Waals surface area contributed by atoms with Gasteiger partial charge < -0.3 is 0 Å². The molecule has 0 aromatic heterocycles. The van der Waals surface area contributed by atoms with Crippen LogP contribution in [0.4, 0.5) is 0 Å². The van der Waals surface area contributed by atoms with Gasteiger partial charge in [-0.25, -0.2) is 0 Å². The summed E-state index contributed by atoms with van der Waals surface area (Å²) in [7, 11) is 0. The molecule has 0 N–H and O–H groups in total. The summed E-state index contributed by atoms with van der Waals surface area (Å²) in [5.74, 6) is 1.72. The van der Waals surface area contributed by atoms with Crippen LogP contribution in [-0.4, -0.2) is 5.33 Å². The van der Waals surface area contributed by atoms with Crippen molar-refractivity contribution in [1.82, 2.24) is 0 Å². The van der Waals surface area contributed by atoms with Gasteiger partial charge in [0.2, 0.25) is 0 Å². The van der Waals surface area contributed by atoms with Crippen LogP contribution in [0.2, 0.25) is 5.02 Å². The van der Waals surface area contributed by atoms with E-state index in [1.54, 1.807) is 0 Å². The quantitative estimate of drug-likeness (QED) is 0.705. The van der Waals surface area contributed by atoms with Gasteiger partial charge in [0.15, 0.2) is 0 Å². The first kappa shape index (κ1) is 11.5. The maximum Gasteiger partial charge on any atom is 0.0408 e. The largest absolute Gasteiger partial charge is 0.0925 e. The molecule has 1 atom stereocenters. The van der Waals surface area contributed by atoms with E-state index in [0.29, 0.717) is 0 Å². The van der Waals surface area contributed by atoms with Crippen molar-refractivity contribution < 1.29 is 0 Å². The predicted molar refractivity (Wildman–Crippen MR) is 69.8 cm³/mol. The summed E-state index contributed by atoms with van der Waals surface area (Å²) in [5.41, 5.74) is 1.37. The van der Waals surface area contributed by atoms with Gasteiger partial charge in [-0.1, -0.05) is 58.9 Å².